The van der Waals surface area contributed by atoms with E-state index in [2.05, 4.69) is 11.2 Å². The summed E-state index contributed by atoms with van der Waals surface area (Å²) in [5.74, 6) is 1.01. The summed E-state index contributed by atoms with van der Waals surface area (Å²) >= 11 is 0. The number of carbonyl (C=O) groups excluding carboxylic acids is 3. The number of terminal acetylenes is 1. The van der Waals surface area contributed by atoms with Crippen LogP contribution in [0.3, 0.4) is 0 Å². The predicted octanol–water partition coefficient (Wildman–Crippen LogP) is 2.61. The van der Waals surface area contributed by atoms with Crippen molar-refractivity contribution in [2.45, 2.75) is 12.8 Å². The molecule has 2 aromatic rings. The number of ketones is 1. The van der Waals surface area contributed by atoms with Crippen LogP contribution in [0.25, 0.3) is 11.1 Å². The quantitative estimate of drug-likeness (QED) is 0.452. The van der Waals surface area contributed by atoms with Crippen molar-refractivity contribution in [3.8, 4) is 23.5 Å². The molecule has 0 fully saturated rings. The maximum absolute atomic E-state index is 12.2. The van der Waals surface area contributed by atoms with E-state index in [0.717, 1.165) is 11.1 Å². The van der Waals surface area contributed by atoms with Gasteiger partial charge in [-0.05, 0) is 11.1 Å². The number of amides is 1. The molecule has 0 aliphatic rings. The lowest BCUT2D eigenvalue weighted by Gasteiger charge is -2.06. The molecular formula is C21H19NO4. The summed E-state index contributed by atoms with van der Waals surface area (Å²) in [6.07, 6.45) is 4.94. The molecule has 5 nitrogen and oxygen atoms in total. The highest BCUT2D eigenvalue weighted by molar-refractivity contribution is 5.98. The van der Waals surface area contributed by atoms with Gasteiger partial charge in [-0.2, -0.15) is 0 Å². The fraction of sp³-hybridized carbons (Fsp3) is 0.190. The first-order chi connectivity index (χ1) is 12.6. The molecule has 0 unspecified atom stereocenters. The predicted molar refractivity (Wildman–Crippen MR) is 98.2 cm³/mol. The second-order valence-corrected chi connectivity index (χ2v) is 5.51. The second kappa shape index (κ2) is 9.80. The summed E-state index contributed by atoms with van der Waals surface area (Å²) < 4.78 is 4.79. The van der Waals surface area contributed by atoms with E-state index >= 15 is 0 Å². The van der Waals surface area contributed by atoms with Crippen molar-refractivity contribution in [3.63, 3.8) is 0 Å². The van der Waals surface area contributed by atoms with Crippen LogP contribution in [-0.2, 0) is 14.3 Å². The first-order valence-electron chi connectivity index (χ1n) is 8.14. The van der Waals surface area contributed by atoms with Crippen LogP contribution in [0.1, 0.15) is 23.2 Å². The smallest absolute Gasteiger partial charge is 0.306 e. The van der Waals surface area contributed by atoms with Crippen LogP contribution in [0, 0.1) is 12.3 Å². The van der Waals surface area contributed by atoms with Crippen molar-refractivity contribution in [3.05, 3.63) is 60.2 Å². The van der Waals surface area contributed by atoms with Crippen molar-refractivity contribution in [1.29, 1.82) is 0 Å². The van der Waals surface area contributed by atoms with Gasteiger partial charge >= 0.3 is 5.97 Å². The minimum atomic E-state index is -0.602. The van der Waals surface area contributed by atoms with Gasteiger partial charge in [0.15, 0.2) is 12.4 Å². The lowest BCUT2D eigenvalue weighted by molar-refractivity contribution is -0.148. The van der Waals surface area contributed by atoms with Crippen LogP contribution >= 0.6 is 0 Å². The van der Waals surface area contributed by atoms with Crippen molar-refractivity contribution in [2.24, 2.45) is 0 Å². The molecule has 0 saturated carbocycles. The van der Waals surface area contributed by atoms with Crippen molar-refractivity contribution < 1.29 is 19.1 Å². The topological polar surface area (TPSA) is 72.5 Å². The Hall–Kier alpha value is -3.39. The van der Waals surface area contributed by atoms with Crippen molar-refractivity contribution >= 4 is 17.7 Å². The minimum Gasteiger partial charge on any atom is -0.456 e. The Morgan fingerprint density at radius 3 is 2.23 bits per heavy atom. The zero-order valence-electron chi connectivity index (χ0n) is 14.2. The van der Waals surface area contributed by atoms with E-state index in [1.54, 1.807) is 12.1 Å². The third-order valence-corrected chi connectivity index (χ3v) is 3.62. The van der Waals surface area contributed by atoms with Gasteiger partial charge in [0, 0.05) is 12.0 Å². The van der Waals surface area contributed by atoms with Gasteiger partial charge in [0.05, 0.1) is 13.0 Å². The first kappa shape index (κ1) is 18.9. The van der Waals surface area contributed by atoms with Crippen LogP contribution in [-0.4, -0.2) is 30.8 Å². The fourth-order valence-electron chi connectivity index (χ4n) is 2.26. The van der Waals surface area contributed by atoms with Crippen LogP contribution in [0.2, 0.25) is 0 Å². The molecular weight excluding hydrogens is 330 g/mol. The van der Waals surface area contributed by atoms with Crippen LogP contribution in [0.15, 0.2) is 54.6 Å². The third kappa shape index (κ3) is 5.91. The van der Waals surface area contributed by atoms with Gasteiger partial charge in [0.1, 0.15) is 0 Å². The fourth-order valence-corrected chi connectivity index (χ4v) is 2.26. The average molecular weight is 349 g/mol. The molecule has 0 atom stereocenters. The zero-order chi connectivity index (χ0) is 18.8. The van der Waals surface area contributed by atoms with E-state index in [1.807, 2.05) is 42.5 Å². The van der Waals surface area contributed by atoms with Crippen LogP contribution < -0.4 is 5.32 Å². The SMILES string of the molecule is C#CCNC(=O)COC(=O)CCC(=O)c1ccc(-c2ccccc2)cc1. The van der Waals surface area contributed by atoms with E-state index in [9.17, 15) is 14.4 Å². The molecule has 26 heavy (non-hydrogen) atoms. The Morgan fingerprint density at radius 1 is 0.923 bits per heavy atom. The second-order valence-electron chi connectivity index (χ2n) is 5.51. The molecule has 132 valence electrons. The third-order valence-electron chi connectivity index (χ3n) is 3.62. The molecule has 0 aliphatic heterocycles. The van der Waals surface area contributed by atoms with E-state index in [1.165, 1.54) is 0 Å². The Kier molecular flexibility index (Phi) is 7.14. The summed E-state index contributed by atoms with van der Waals surface area (Å²) in [6, 6.07) is 17.1. The Balaban J connectivity index is 1.80. The van der Waals surface area contributed by atoms with Gasteiger partial charge in [-0.3, -0.25) is 14.4 Å². The van der Waals surface area contributed by atoms with E-state index < -0.39 is 18.5 Å². The standard InChI is InChI=1S/C21H19NO4/c1-2-14-22-20(24)15-26-21(25)13-12-19(23)18-10-8-17(9-11-18)16-6-4-3-5-7-16/h1,3-11H,12-15H2,(H,22,24). The van der Waals surface area contributed by atoms with Gasteiger partial charge in [0.2, 0.25) is 0 Å². The lowest BCUT2D eigenvalue weighted by Crippen LogP contribution is -2.29. The number of nitrogens with one attached hydrogen (secondary N) is 1. The summed E-state index contributed by atoms with van der Waals surface area (Å²) in [5, 5.41) is 2.38. The number of rotatable bonds is 8. The number of hydrogen-bond donors (Lipinski definition) is 1. The zero-order valence-corrected chi connectivity index (χ0v) is 14.2. The highest BCUT2D eigenvalue weighted by Gasteiger charge is 2.12. The lowest BCUT2D eigenvalue weighted by atomic mass is 10.0. The monoisotopic (exact) mass is 349 g/mol. The minimum absolute atomic E-state index is 0.0233. The maximum atomic E-state index is 12.2. The molecule has 0 aliphatic carbocycles. The number of esters is 1. The van der Waals surface area contributed by atoms with Gasteiger partial charge in [0.25, 0.3) is 5.91 Å². The first-order valence-corrected chi connectivity index (χ1v) is 8.14. The van der Waals surface area contributed by atoms with Gasteiger partial charge < -0.3 is 10.1 Å². The largest absolute Gasteiger partial charge is 0.456 e. The molecule has 1 amide bonds. The molecule has 2 aromatic carbocycles. The molecule has 1 N–H and O–H groups in total. The summed E-state index contributed by atoms with van der Waals surface area (Å²) in [4.78, 5) is 35.0. The van der Waals surface area contributed by atoms with Gasteiger partial charge in [-0.15, -0.1) is 6.42 Å². The molecule has 0 radical (unpaired) electrons. The van der Waals surface area contributed by atoms with E-state index in [-0.39, 0.29) is 25.2 Å². The summed E-state index contributed by atoms with van der Waals surface area (Å²) in [5.41, 5.74) is 2.61. The molecule has 2 rings (SSSR count). The Morgan fingerprint density at radius 2 is 1.58 bits per heavy atom. The highest BCUT2D eigenvalue weighted by Crippen LogP contribution is 2.19. The number of ether oxygens (including phenoxy) is 1. The number of benzene rings is 2. The van der Waals surface area contributed by atoms with E-state index in [4.69, 9.17) is 11.2 Å². The van der Waals surface area contributed by atoms with Crippen LogP contribution in [0.5, 0.6) is 0 Å². The molecule has 0 saturated heterocycles. The summed E-state index contributed by atoms with van der Waals surface area (Å²) in [7, 11) is 0. The molecule has 0 heterocycles. The number of carbonyl (C=O) groups is 3. The summed E-state index contributed by atoms with van der Waals surface area (Å²) in [6.45, 7) is -0.325. The van der Waals surface area contributed by atoms with Crippen LogP contribution in [0.4, 0.5) is 0 Å². The van der Waals surface area contributed by atoms with E-state index in [0.29, 0.717) is 5.56 Å². The van der Waals surface area contributed by atoms with Crippen molar-refractivity contribution in [2.75, 3.05) is 13.2 Å². The maximum Gasteiger partial charge on any atom is 0.306 e. The number of hydrogen-bond acceptors (Lipinski definition) is 4. The van der Waals surface area contributed by atoms with Gasteiger partial charge in [-0.1, -0.05) is 60.5 Å². The van der Waals surface area contributed by atoms with Crippen molar-refractivity contribution in [1.82, 2.24) is 5.32 Å². The molecule has 5 heteroatoms. The Bertz CT molecular complexity index is 804. The molecule has 0 aromatic heterocycles. The number of Topliss-reactive ketones (excluding diaryl/α,β-unsaturated/α-hetero) is 1. The molecule has 0 spiro atoms. The average Bonchev–Trinajstić information content (AvgIpc) is 2.69. The van der Waals surface area contributed by atoms with Gasteiger partial charge in [-0.25, -0.2) is 0 Å². The highest BCUT2D eigenvalue weighted by atomic mass is 16.5. The Labute approximate surface area is 152 Å². The normalized spacial score (nSPS) is 9.81. The molecule has 0 bridgehead atoms.